The maximum Gasteiger partial charge on any atom is 0.416 e. The van der Waals surface area contributed by atoms with Gasteiger partial charge in [0.25, 0.3) is 11.8 Å². The van der Waals surface area contributed by atoms with E-state index in [1.807, 2.05) is 6.07 Å². The van der Waals surface area contributed by atoms with Gasteiger partial charge in [-0.05, 0) is 65.7 Å². The first-order valence-corrected chi connectivity index (χ1v) is 16.7. The second-order valence-electron chi connectivity index (χ2n) is 11.3. The highest BCUT2D eigenvalue weighted by atomic mass is 32.2. The van der Waals surface area contributed by atoms with Crippen LogP contribution in [0.15, 0.2) is 85.1 Å². The van der Waals surface area contributed by atoms with Gasteiger partial charge in [0.15, 0.2) is 0 Å². The van der Waals surface area contributed by atoms with Crippen LogP contribution < -0.4 is 15.4 Å². The van der Waals surface area contributed by atoms with Crippen molar-refractivity contribution in [2.75, 3.05) is 24.3 Å². The highest BCUT2D eigenvalue weighted by molar-refractivity contribution is 7.98. The summed E-state index contributed by atoms with van der Waals surface area (Å²) in [5.74, 6) is -0.221. The van der Waals surface area contributed by atoms with E-state index in [9.17, 15) is 27.6 Å². The van der Waals surface area contributed by atoms with Gasteiger partial charge in [0.2, 0.25) is 0 Å². The van der Waals surface area contributed by atoms with Gasteiger partial charge in [0.05, 0.1) is 36.6 Å². The van der Waals surface area contributed by atoms with E-state index in [1.165, 1.54) is 36.2 Å². The molecule has 3 aromatic carbocycles. The molecule has 49 heavy (non-hydrogen) atoms. The number of carboxylic acid groups (broad SMARTS) is 1. The van der Waals surface area contributed by atoms with Crippen LogP contribution in [0.1, 0.15) is 56.7 Å². The number of carbonyl (C=O) groups is 3. The second-order valence-corrected chi connectivity index (χ2v) is 12.4. The van der Waals surface area contributed by atoms with E-state index in [2.05, 4.69) is 15.6 Å². The number of anilines is 1. The number of aliphatic carboxylic acids is 1. The fourth-order valence-corrected chi connectivity index (χ4v) is 5.99. The zero-order valence-electron chi connectivity index (χ0n) is 26.3. The zero-order valence-corrected chi connectivity index (χ0v) is 27.1. The molecule has 0 spiro atoms. The highest BCUT2D eigenvalue weighted by Gasteiger charge is 2.30. The van der Waals surface area contributed by atoms with Crippen molar-refractivity contribution in [2.45, 2.75) is 43.8 Å². The molecule has 5 rings (SSSR count). The molecule has 0 unspecified atom stereocenters. The van der Waals surface area contributed by atoms with Crippen molar-refractivity contribution in [3.05, 3.63) is 113 Å². The average molecular weight is 694 g/mol. The smallest absolute Gasteiger partial charge is 0.416 e. The number of thioether (sulfide) groups is 1. The van der Waals surface area contributed by atoms with Gasteiger partial charge in [-0.2, -0.15) is 24.9 Å². The summed E-state index contributed by atoms with van der Waals surface area (Å²) < 4.78 is 51.1. The minimum atomic E-state index is -4.50. The summed E-state index contributed by atoms with van der Waals surface area (Å²) in [5, 5.41) is 14.5. The molecule has 0 bridgehead atoms. The number of nitrogens with zero attached hydrogens (tertiary/aromatic N) is 1. The van der Waals surface area contributed by atoms with Crippen LogP contribution in [0.5, 0.6) is 5.75 Å². The number of halogens is 3. The molecular weight excluding hydrogens is 659 g/mol. The number of carboxylic acids is 1. The first-order valence-electron chi connectivity index (χ1n) is 15.5. The maximum atomic E-state index is 13.5. The van der Waals surface area contributed by atoms with Gasteiger partial charge in [-0.1, -0.05) is 24.3 Å². The van der Waals surface area contributed by atoms with Crippen LogP contribution in [-0.4, -0.2) is 52.9 Å². The van der Waals surface area contributed by atoms with Crippen LogP contribution in [-0.2, 0) is 28.0 Å². The number of benzene rings is 3. The van der Waals surface area contributed by atoms with E-state index in [1.54, 1.807) is 42.5 Å². The number of amides is 2. The van der Waals surface area contributed by atoms with Crippen molar-refractivity contribution in [1.82, 2.24) is 10.3 Å². The number of carbonyl (C=O) groups excluding carboxylic acids is 2. The Kier molecular flexibility index (Phi) is 11.9. The number of pyridine rings is 1. The summed E-state index contributed by atoms with van der Waals surface area (Å²) in [6.07, 6.45) is -1.62. The Morgan fingerprint density at radius 3 is 2.45 bits per heavy atom. The fourth-order valence-electron chi connectivity index (χ4n) is 5.11. The van der Waals surface area contributed by atoms with Crippen molar-refractivity contribution in [2.24, 2.45) is 0 Å². The van der Waals surface area contributed by atoms with Crippen LogP contribution in [0.25, 0.3) is 11.3 Å². The highest BCUT2D eigenvalue weighted by Crippen LogP contribution is 2.33. The van der Waals surface area contributed by atoms with Gasteiger partial charge in [0, 0.05) is 53.8 Å². The van der Waals surface area contributed by atoms with E-state index in [0.29, 0.717) is 58.5 Å². The minimum absolute atomic E-state index is 0.0502. The Morgan fingerprint density at radius 2 is 1.67 bits per heavy atom. The molecule has 3 N–H and O–H groups in total. The summed E-state index contributed by atoms with van der Waals surface area (Å²) in [7, 11) is 0. The number of rotatable bonds is 13. The molecule has 2 amide bonds. The van der Waals surface area contributed by atoms with E-state index in [-0.39, 0.29) is 30.5 Å². The van der Waals surface area contributed by atoms with Crippen LogP contribution in [0.3, 0.4) is 0 Å². The SMILES string of the molecule is O=C(O)CCSCc1cccc(C(=O)Nc2ccc(OC3CCOCC3)cc2-c2cc(C(=O)NCc3cccc(C(F)(F)F)c3)ccn2)c1. The maximum absolute atomic E-state index is 13.5. The van der Waals surface area contributed by atoms with Gasteiger partial charge in [-0.25, -0.2) is 0 Å². The number of aromatic nitrogens is 1. The summed E-state index contributed by atoms with van der Waals surface area (Å²) in [6.45, 7) is 1.05. The predicted octanol–water partition coefficient (Wildman–Crippen LogP) is 7.22. The lowest BCUT2D eigenvalue weighted by Gasteiger charge is -2.24. The van der Waals surface area contributed by atoms with E-state index in [4.69, 9.17) is 14.6 Å². The summed E-state index contributed by atoms with van der Waals surface area (Å²) in [4.78, 5) is 41.9. The number of alkyl halides is 3. The molecule has 1 saturated heterocycles. The van der Waals surface area contributed by atoms with Gasteiger partial charge in [-0.3, -0.25) is 19.4 Å². The number of hydrogen-bond donors (Lipinski definition) is 3. The first-order chi connectivity index (χ1) is 23.5. The van der Waals surface area contributed by atoms with Gasteiger partial charge in [-0.15, -0.1) is 0 Å². The zero-order chi connectivity index (χ0) is 34.8. The Balaban J connectivity index is 1.36. The van der Waals surface area contributed by atoms with Crippen LogP contribution in [0, 0.1) is 0 Å². The molecule has 0 atom stereocenters. The normalized spacial score (nSPS) is 13.4. The van der Waals surface area contributed by atoms with Crippen molar-refractivity contribution in [1.29, 1.82) is 0 Å². The van der Waals surface area contributed by atoms with Gasteiger partial charge in [0.1, 0.15) is 11.9 Å². The van der Waals surface area contributed by atoms with Crippen LogP contribution >= 0.6 is 11.8 Å². The summed E-state index contributed by atoms with van der Waals surface area (Å²) in [6, 6.07) is 20.0. The van der Waals surface area contributed by atoms with E-state index >= 15 is 0 Å². The molecule has 4 aromatic rings. The number of ether oxygens (including phenoxy) is 2. The topological polar surface area (TPSA) is 127 Å². The third-order valence-corrected chi connectivity index (χ3v) is 8.66. The summed E-state index contributed by atoms with van der Waals surface area (Å²) in [5.41, 5.74) is 2.26. The third-order valence-electron chi connectivity index (χ3n) is 7.63. The first kappa shape index (κ1) is 35.4. The predicted molar refractivity (Wildman–Crippen MR) is 180 cm³/mol. The molecule has 0 radical (unpaired) electrons. The standard InChI is InChI=1S/C36H34F3N3O6S/c37-36(38,39)27-6-2-3-23(18-27)21-41-34(45)26-9-13-40-32(19-26)30-20-29(48-28-10-14-47-15-11-28)7-8-31(30)42-35(46)25-5-1-4-24(17-25)22-49-16-12-33(43)44/h1-9,13,17-20,28H,10-12,14-16,21-22H2,(H,41,45)(H,42,46)(H,43,44). The van der Waals surface area contributed by atoms with E-state index in [0.717, 1.165) is 30.5 Å². The van der Waals surface area contributed by atoms with Crippen LogP contribution in [0.2, 0.25) is 0 Å². The monoisotopic (exact) mass is 693 g/mol. The van der Waals surface area contributed by atoms with Gasteiger partial charge >= 0.3 is 12.1 Å². The van der Waals surface area contributed by atoms with Crippen molar-refractivity contribution < 1.29 is 42.1 Å². The lowest BCUT2D eigenvalue weighted by atomic mass is 10.0. The minimum Gasteiger partial charge on any atom is -0.490 e. The number of nitrogens with one attached hydrogen (secondary N) is 2. The Labute approximate surface area is 285 Å². The lowest BCUT2D eigenvalue weighted by Crippen LogP contribution is -2.25. The quantitative estimate of drug-likeness (QED) is 0.125. The van der Waals surface area contributed by atoms with Crippen molar-refractivity contribution >= 4 is 35.2 Å². The third kappa shape index (κ3) is 10.3. The van der Waals surface area contributed by atoms with E-state index < -0.39 is 23.6 Å². The molecule has 1 aliphatic heterocycles. The lowest BCUT2D eigenvalue weighted by molar-refractivity contribution is -0.138. The molecule has 1 aromatic heterocycles. The molecule has 256 valence electrons. The molecule has 9 nitrogen and oxygen atoms in total. The molecular formula is C36H34F3N3O6S. The van der Waals surface area contributed by atoms with Crippen molar-refractivity contribution in [3.8, 4) is 17.0 Å². The van der Waals surface area contributed by atoms with Crippen molar-refractivity contribution in [3.63, 3.8) is 0 Å². The molecule has 1 aliphatic rings. The average Bonchev–Trinajstić information content (AvgIpc) is 3.10. The largest absolute Gasteiger partial charge is 0.490 e. The Bertz CT molecular complexity index is 1800. The molecule has 13 heteroatoms. The summed E-state index contributed by atoms with van der Waals surface area (Å²) >= 11 is 1.46. The molecule has 2 heterocycles. The fraction of sp³-hybridized carbons (Fsp3) is 0.278. The van der Waals surface area contributed by atoms with Crippen LogP contribution in [0.4, 0.5) is 18.9 Å². The van der Waals surface area contributed by atoms with Gasteiger partial charge < -0.3 is 25.2 Å². The molecule has 0 aliphatic carbocycles. The molecule has 0 saturated carbocycles. The molecule has 1 fully saturated rings. The second kappa shape index (κ2) is 16.5. The Hall–Kier alpha value is -4.88. The number of hydrogen-bond acceptors (Lipinski definition) is 7. The Morgan fingerprint density at radius 1 is 0.918 bits per heavy atom.